The van der Waals surface area contributed by atoms with Crippen LogP contribution in [-0.4, -0.2) is 34.5 Å². The van der Waals surface area contributed by atoms with Crippen LogP contribution in [0.4, 0.5) is 24.7 Å². The molecule has 3 aromatic rings. The monoisotopic (exact) mass is 530 g/mol. The molecule has 4 N–H and O–H groups in total. The summed E-state index contributed by atoms with van der Waals surface area (Å²) in [6.45, 7) is 5.64. The molecule has 0 radical (unpaired) electrons. The number of alkyl halides is 3. The molecule has 1 amide bonds. The van der Waals surface area contributed by atoms with Crippen molar-refractivity contribution in [2.75, 3.05) is 18.2 Å². The summed E-state index contributed by atoms with van der Waals surface area (Å²) in [4.78, 5) is 12.5. The number of hydrogen-bond acceptors (Lipinski definition) is 7. The number of halogens is 3. The number of carbonyl (C=O) groups excluding carboxylic acids is 1. The van der Waals surface area contributed by atoms with Crippen LogP contribution < -0.4 is 21.1 Å². The second kappa shape index (κ2) is 11.0. The van der Waals surface area contributed by atoms with Gasteiger partial charge >= 0.3 is 6.18 Å². The van der Waals surface area contributed by atoms with E-state index in [2.05, 4.69) is 26.0 Å². The van der Waals surface area contributed by atoms with Crippen molar-refractivity contribution >= 4 is 28.3 Å². The van der Waals surface area contributed by atoms with Crippen LogP contribution in [0, 0.1) is 5.92 Å². The fraction of sp³-hybridized carbons (Fsp3) is 0.481. The molecule has 204 valence electrons. The highest BCUT2D eigenvalue weighted by molar-refractivity contribution is 5.90. The molecule has 11 heteroatoms. The average Bonchev–Trinajstić information content (AvgIpc) is 2.87. The van der Waals surface area contributed by atoms with Crippen molar-refractivity contribution < 1.29 is 22.7 Å². The minimum atomic E-state index is -4.51. The van der Waals surface area contributed by atoms with Gasteiger partial charge in [0.25, 0.3) is 0 Å². The van der Waals surface area contributed by atoms with Crippen LogP contribution in [0.15, 0.2) is 30.3 Å². The summed E-state index contributed by atoms with van der Waals surface area (Å²) in [5.74, 6) is 1.34. The van der Waals surface area contributed by atoms with Crippen LogP contribution in [0.3, 0.4) is 0 Å². The predicted molar refractivity (Wildman–Crippen MR) is 140 cm³/mol. The number of benzene rings is 2. The number of nitrogens with two attached hydrogens (primary N) is 1. The van der Waals surface area contributed by atoms with Gasteiger partial charge in [-0.1, -0.05) is 0 Å². The van der Waals surface area contributed by atoms with E-state index >= 15 is 0 Å². The van der Waals surface area contributed by atoms with Gasteiger partial charge in [-0.2, -0.15) is 13.2 Å². The summed E-state index contributed by atoms with van der Waals surface area (Å²) in [6, 6.07) is 6.83. The number of anilines is 2. The number of amides is 1. The van der Waals surface area contributed by atoms with Gasteiger partial charge in [-0.25, -0.2) is 0 Å². The quantitative estimate of drug-likeness (QED) is 0.340. The highest BCUT2D eigenvalue weighted by Gasteiger charge is 2.32. The first-order valence-corrected chi connectivity index (χ1v) is 12.7. The van der Waals surface area contributed by atoms with Crippen molar-refractivity contribution in [1.29, 1.82) is 0 Å². The van der Waals surface area contributed by atoms with E-state index in [1.807, 2.05) is 19.9 Å². The minimum absolute atomic E-state index is 0.00869. The number of fused-ring (bicyclic) bond motifs is 1. The summed E-state index contributed by atoms with van der Waals surface area (Å²) in [5.41, 5.74) is 6.88. The van der Waals surface area contributed by atoms with E-state index in [1.165, 1.54) is 6.07 Å². The zero-order valence-electron chi connectivity index (χ0n) is 21.9. The van der Waals surface area contributed by atoms with Crippen LogP contribution in [-0.2, 0) is 11.0 Å². The third-order valence-corrected chi connectivity index (χ3v) is 7.03. The van der Waals surface area contributed by atoms with Crippen molar-refractivity contribution in [2.45, 2.75) is 70.6 Å². The van der Waals surface area contributed by atoms with Crippen LogP contribution in [0.2, 0.25) is 0 Å². The number of nitrogens with one attached hydrogen (secondary N) is 2. The van der Waals surface area contributed by atoms with Crippen molar-refractivity contribution in [3.05, 3.63) is 47.0 Å². The van der Waals surface area contributed by atoms with Crippen LogP contribution in [0.1, 0.15) is 75.1 Å². The first-order chi connectivity index (χ1) is 18.0. The Labute approximate surface area is 219 Å². The van der Waals surface area contributed by atoms with Gasteiger partial charge in [0.1, 0.15) is 11.3 Å². The summed E-state index contributed by atoms with van der Waals surface area (Å²) < 4.78 is 45.6. The van der Waals surface area contributed by atoms with Crippen LogP contribution in [0.25, 0.3) is 10.9 Å². The number of ether oxygens (including phenoxy) is 1. The molecule has 1 saturated carbocycles. The minimum Gasteiger partial charge on any atom is -0.496 e. The first-order valence-electron chi connectivity index (χ1n) is 12.7. The normalized spacial score (nSPS) is 18.8. The zero-order chi connectivity index (χ0) is 27.6. The summed E-state index contributed by atoms with van der Waals surface area (Å²) in [5, 5.41) is 19.0. The summed E-state index contributed by atoms with van der Waals surface area (Å²) in [6.07, 6.45) is -1.31. The number of hydrogen-bond donors (Lipinski definition) is 3. The molecule has 0 unspecified atom stereocenters. The standard InChI is InChI=1S/C27H33F3N6O2/c1-14(2)32-26(37)17-7-5-16(6-8-17)21-12-22-23(13-24(21)38-4)34-36-35-25(22)33-15(3)18-9-19(27(28,29)30)11-20(31)10-18/h9-17H,5-8,31H2,1-4H3,(H,32,37)(H,33,34,35)/t15-,16?,17?/m1/s1. The maximum absolute atomic E-state index is 13.3. The van der Waals surface area contributed by atoms with Gasteiger partial charge in [0.15, 0.2) is 5.82 Å². The fourth-order valence-electron chi connectivity index (χ4n) is 5.08. The number of nitrogen functional groups attached to an aromatic ring is 1. The average molecular weight is 531 g/mol. The number of aromatic nitrogens is 3. The molecule has 4 rings (SSSR count). The Bertz CT molecular complexity index is 1310. The van der Waals surface area contributed by atoms with Crippen LogP contribution in [0.5, 0.6) is 5.75 Å². The van der Waals surface area contributed by atoms with E-state index in [0.29, 0.717) is 28.0 Å². The van der Waals surface area contributed by atoms with Gasteiger partial charge in [-0.05, 0) is 93.0 Å². The van der Waals surface area contributed by atoms with E-state index < -0.39 is 17.8 Å². The van der Waals surface area contributed by atoms with Gasteiger partial charge in [0.2, 0.25) is 5.91 Å². The third kappa shape index (κ3) is 6.08. The van der Waals surface area contributed by atoms with E-state index in [9.17, 15) is 18.0 Å². The van der Waals surface area contributed by atoms with Gasteiger partial charge < -0.3 is 21.1 Å². The van der Waals surface area contributed by atoms with Crippen molar-refractivity contribution in [1.82, 2.24) is 20.7 Å². The van der Waals surface area contributed by atoms with Gasteiger partial charge in [0, 0.05) is 29.1 Å². The summed E-state index contributed by atoms with van der Waals surface area (Å²) in [7, 11) is 1.60. The molecule has 1 heterocycles. The Balaban J connectivity index is 1.61. The summed E-state index contributed by atoms with van der Waals surface area (Å²) >= 11 is 0. The number of methoxy groups -OCH3 is 1. The molecular weight excluding hydrogens is 497 g/mol. The smallest absolute Gasteiger partial charge is 0.416 e. The second-order valence-electron chi connectivity index (χ2n) is 10.2. The number of carbonyl (C=O) groups is 1. The molecule has 38 heavy (non-hydrogen) atoms. The SMILES string of the molecule is COc1cc2nnnc(N[C@H](C)c3cc(N)cc(C(F)(F)F)c3)c2cc1C1CCC(C(=O)NC(C)C)CC1. The Hall–Kier alpha value is -3.63. The van der Waals surface area contributed by atoms with E-state index in [-0.39, 0.29) is 29.5 Å². The van der Waals surface area contributed by atoms with Gasteiger partial charge in [0.05, 0.1) is 18.7 Å². The number of nitrogens with zero attached hydrogens (tertiary/aromatic N) is 3. The van der Waals surface area contributed by atoms with Gasteiger partial charge in [-0.3, -0.25) is 4.79 Å². The Morgan fingerprint density at radius 3 is 2.39 bits per heavy atom. The lowest BCUT2D eigenvalue weighted by Gasteiger charge is -2.29. The maximum atomic E-state index is 13.3. The van der Waals surface area contributed by atoms with Crippen molar-refractivity contribution in [2.24, 2.45) is 5.92 Å². The third-order valence-electron chi connectivity index (χ3n) is 7.03. The lowest BCUT2D eigenvalue weighted by molar-refractivity contribution is -0.137. The first kappa shape index (κ1) is 27.4. The Morgan fingerprint density at radius 1 is 1.05 bits per heavy atom. The van der Waals surface area contributed by atoms with E-state index in [4.69, 9.17) is 10.5 Å². The zero-order valence-corrected chi connectivity index (χ0v) is 21.9. The topological polar surface area (TPSA) is 115 Å². The lowest BCUT2D eigenvalue weighted by atomic mass is 9.77. The molecule has 1 fully saturated rings. The molecule has 1 atom stereocenters. The molecule has 0 saturated heterocycles. The fourth-order valence-corrected chi connectivity index (χ4v) is 5.08. The molecule has 1 aliphatic rings. The molecule has 2 aromatic carbocycles. The second-order valence-corrected chi connectivity index (χ2v) is 10.2. The molecule has 0 aliphatic heterocycles. The molecule has 0 bridgehead atoms. The predicted octanol–water partition coefficient (Wildman–Crippen LogP) is 5.61. The van der Waals surface area contributed by atoms with Crippen molar-refractivity contribution in [3.63, 3.8) is 0 Å². The molecule has 1 aliphatic carbocycles. The van der Waals surface area contributed by atoms with Gasteiger partial charge in [-0.15, -0.1) is 10.2 Å². The molecule has 8 nitrogen and oxygen atoms in total. The molecule has 0 spiro atoms. The Morgan fingerprint density at radius 2 is 1.76 bits per heavy atom. The van der Waals surface area contributed by atoms with Crippen LogP contribution >= 0.6 is 0 Å². The highest BCUT2D eigenvalue weighted by Crippen LogP contribution is 2.42. The largest absolute Gasteiger partial charge is 0.496 e. The lowest BCUT2D eigenvalue weighted by Crippen LogP contribution is -2.37. The van der Waals surface area contributed by atoms with E-state index in [1.54, 1.807) is 20.1 Å². The number of rotatable bonds is 7. The molecular formula is C27H33F3N6O2. The van der Waals surface area contributed by atoms with Crippen molar-refractivity contribution in [3.8, 4) is 5.75 Å². The van der Waals surface area contributed by atoms with E-state index in [0.717, 1.165) is 43.4 Å². The molecule has 1 aromatic heterocycles. The Kier molecular flexibility index (Phi) is 7.94. The maximum Gasteiger partial charge on any atom is 0.416 e. The highest BCUT2D eigenvalue weighted by atomic mass is 19.4.